The number of thiophene rings is 1. The van der Waals surface area contributed by atoms with Crippen molar-refractivity contribution in [1.82, 2.24) is 0 Å². The number of alkyl halides is 3. The molecule has 0 aliphatic carbocycles. The molecule has 11 heteroatoms. The van der Waals surface area contributed by atoms with Crippen molar-refractivity contribution in [2.24, 2.45) is 0 Å². The second-order valence-corrected chi connectivity index (χ2v) is 10.2. The molecule has 3 rings (SSSR count). The Hall–Kier alpha value is -2.69. The van der Waals surface area contributed by atoms with Gasteiger partial charge in [-0.05, 0) is 54.1 Å². The van der Waals surface area contributed by atoms with Crippen molar-refractivity contribution < 1.29 is 26.0 Å². The van der Waals surface area contributed by atoms with Crippen LogP contribution in [0, 0.1) is 11.2 Å². The molecular weight excluding hydrogens is 488 g/mol. The highest BCUT2D eigenvalue weighted by atomic mass is 35.5. The smallest absolute Gasteiger partial charge is 0.353 e. The molecule has 0 unspecified atom stereocenters. The fourth-order valence-corrected chi connectivity index (χ4v) is 4.46. The Bertz CT molecular complexity index is 1320. The van der Waals surface area contributed by atoms with E-state index in [0.29, 0.717) is 21.4 Å². The predicted octanol–water partition coefficient (Wildman–Crippen LogP) is 6.65. The van der Waals surface area contributed by atoms with Crippen molar-refractivity contribution in [3.63, 3.8) is 0 Å². The van der Waals surface area contributed by atoms with Gasteiger partial charge in [-0.3, -0.25) is 5.41 Å². The molecule has 0 atom stereocenters. The van der Waals surface area contributed by atoms with Crippen LogP contribution in [0.2, 0.25) is 5.02 Å². The lowest BCUT2D eigenvalue weighted by Gasteiger charge is -2.13. The van der Waals surface area contributed by atoms with Crippen LogP contribution < -0.4 is 5.32 Å². The Labute approximate surface area is 190 Å². The van der Waals surface area contributed by atoms with Gasteiger partial charge in [-0.15, -0.1) is 11.3 Å². The lowest BCUT2D eigenvalue weighted by Crippen LogP contribution is -2.20. The molecule has 2 N–H and O–H groups in total. The maximum atomic E-state index is 13.6. The van der Waals surface area contributed by atoms with E-state index in [1.54, 1.807) is 18.2 Å². The summed E-state index contributed by atoms with van der Waals surface area (Å²) < 4.78 is 76.3. The number of hydrogen-bond donors (Lipinski definition) is 2. The van der Waals surface area contributed by atoms with Gasteiger partial charge in [-0.25, -0.2) is 12.8 Å². The highest BCUT2D eigenvalue weighted by Gasteiger charge is 2.33. The van der Waals surface area contributed by atoms with Crippen molar-refractivity contribution in [3.05, 3.63) is 76.4 Å². The summed E-state index contributed by atoms with van der Waals surface area (Å²) >= 11 is 7.10. The molecule has 168 valence electrons. The Morgan fingerprint density at radius 3 is 2.50 bits per heavy atom. The number of sulfone groups is 1. The molecule has 2 aromatic carbocycles. The molecule has 0 radical (unpaired) electrons. The SMILES string of the molecule is CS(=O)(=O)c1cccc(-c2ccc(/C(=C/C(=N)C(F)(F)F)Nc3cc(F)ccc3Cl)s2)c1. The molecule has 0 spiro atoms. The average Bonchev–Trinajstić information content (AvgIpc) is 3.19. The largest absolute Gasteiger partial charge is 0.432 e. The molecule has 0 saturated carbocycles. The molecule has 32 heavy (non-hydrogen) atoms. The molecule has 0 saturated heterocycles. The first-order valence-electron chi connectivity index (χ1n) is 8.85. The maximum Gasteiger partial charge on any atom is 0.432 e. The van der Waals surface area contributed by atoms with Crippen LogP contribution in [-0.2, 0) is 9.84 Å². The van der Waals surface area contributed by atoms with E-state index < -0.39 is 27.5 Å². The first-order valence-corrected chi connectivity index (χ1v) is 11.9. The van der Waals surface area contributed by atoms with E-state index in [2.05, 4.69) is 5.32 Å². The Morgan fingerprint density at radius 2 is 1.84 bits per heavy atom. The molecule has 0 fully saturated rings. The third-order valence-corrected chi connectivity index (χ3v) is 6.82. The van der Waals surface area contributed by atoms with Gasteiger partial charge in [0, 0.05) is 11.1 Å². The summed E-state index contributed by atoms with van der Waals surface area (Å²) in [6.07, 6.45) is -3.23. The van der Waals surface area contributed by atoms with Gasteiger partial charge >= 0.3 is 6.18 Å². The highest BCUT2D eigenvalue weighted by Crippen LogP contribution is 2.35. The van der Waals surface area contributed by atoms with Crippen molar-refractivity contribution >= 4 is 49.9 Å². The fraction of sp³-hybridized carbons (Fsp3) is 0.0952. The standard InChI is InChI=1S/C21H15ClF4N2O2S2/c1-32(29,30)14-4-2-3-12(9-14)18-7-8-19(31-18)17(11-20(27)21(24,25)26)28-16-10-13(23)5-6-15(16)22/h2-11,27-28H,1H3/b17-11-,27-20?. The minimum absolute atomic E-state index is 0.0296. The van der Waals surface area contributed by atoms with Gasteiger partial charge < -0.3 is 5.32 Å². The third-order valence-electron chi connectivity index (χ3n) is 4.21. The van der Waals surface area contributed by atoms with Crippen molar-refractivity contribution in [3.8, 4) is 10.4 Å². The lowest BCUT2D eigenvalue weighted by molar-refractivity contribution is -0.0583. The quantitative estimate of drug-likeness (QED) is 0.293. The van der Waals surface area contributed by atoms with Gasteiger partial charge in [-0.2, -0.15) is 13.2 Å². The Balaban J connectivity index is 2.05. The maximum absolute atomic E-state index is 13.6. The number of allylic oxidation sites excluding steroid dienone is 1. The predicted molar refractivity (Wildman–Crippen MR) is 120 cm³/mol. The average molecular weight is 503 g/mol. The monoisotopic (exact) mass is 502 g/mol. The van der Waals surface area contributed by atoms with E-state index >= 15 is 0 Å². The summed E-state index contributed by atoms with van der Waals surface area (Å²) in [5, 5.41) is 10.1. The number of hydrogen-bond acceptors (Lipinski definition) is 5. The molecule has 3 aromatic rings. The molecule has 0 aliphatic heterocycles. The summed E-state index contributed by atoms with van der Waals surface area (Å²) in [7, 11) is -3.45. The van der Waals surface area contributed by atoms with Gasteiger partial charge in [0.15, 0.2) is 9.84 Å². The summed E-state index contributed by atoms with van der Waals surface area (Å²) in [5.74, 6) is -0.647. The van der Waals surface area contributed by atoms with E-state index in [9.17, 15) is 26.0 Å². The van der Waals surface area contributed by atoms with Crippen molar-refractivity contribution in [1.29, 1.82) is 5.41 Å². The molecule has 0 aliphatic rings. The summed E-state index contributed by atoms with van der Waals surface area (Å²) in [4.78, 5) is 0.991. The second kappa shape index (κ2) is 9.05. The van der Waals surface area contributed by atoms with Crippen LogP contribution in [0.4, 0.5) is 23.2 Å². The lowest BCUT2D eigenvalue weighted by atomic mass is 10.2. The van der Waals surface area contributed by atoms with Crippen LogP contribution >= 0.6 is 22.9 Å². The van der Waals surface area contributed by atoms with Crippen LogP contribution in [-0.4, -0.2) is 26.6 Å². The van der Waals surface area contributed by atoms with E-state index in [1.807, 2.05) is 0 Å². The molecular formula is C21H15ClF4N2O2S2. The van der Waals surface area contributed by atoms with E-state index in [4.69, 9.17) is 17.0 Å². The number of halogens is 5. The van der Waals surface area contributed by atoms with Gasteiger partial charge in [0.1, 0.15) is 11.5 Å². The first-order chi connectivity index (χ1) is 14.8. The summed E-state index contributed by atoms with van der Waals surface area (Å²) in [6.45, 7) is 0. The first kappa shape index (κ1) is 24.0. The normalized spacial score (nSPS) is 12.6. The van der Waals surface area contributed by atoms with Crippen LogP contribution in [0.1, 0.15) is 4.88 Å². The van der Waals surface area contributed by atoms with Crippen molar-refractivity contribution in [2.45, 2.75) is 11.1 Å². The minimum Gasteiger partial charge on any atom is -0.353 e. The number of rotatable bonds is 6. The zero-order valence-corrected chi connectivity index (χ0v) is 18.7. The van der Waals surface area contributed by atoms with Gasteiger partial charge in [-0.1, -0.05) is 23.7 Å². The number of anilines is 1. The van der Waals surface area contributed by atoms with Crippen molar-refractivity contribution in [2.75, 3.05) is 11.6 Å². The highest BCUT2D eigenvalue weighted by molar-refractivity contribution is 7.90. The Kier molecular flexibility index (Phi) is 6.77. The van der Waals surface area contributed by atoms with Gasteiger partial charge in [0.25, 0.3) is 0 Å². The topological polar surface area (TPSA) is 70.0 Å². The third kappa shape index (κ3) is 5.76. The summed E-state index contributed by atoms with van der Waals surface area (Å²) in [6, 6.07) is 12.6. The molecule has 4 nitrogen and oxygen atoms in total. The van der Waals surface area contributed by atoms with Crippen LogP contribution in [0.15, 0.2) is 65.6 Å². The molecule has 1 heterocycles. The van der Waals surface area contributed by atoms with Gasteiger partial charge in [0.2, 0.25) is 0 Å². The van der Waals surface area contributed by atoms with Gasteiger partial charge in [0.05, 0.1) is 26.2 Å². The van der Waals surface area contributed by atoms with Crippen LogP contribution in [0.3, 0.4) is 0 Å². The second-order valence-electron chi connectivity index (χ2n) is 6.68. The number of benzene rings is 2. The van der Waals surface area contributed by atoms with E-state index in [-0.39, 0.29) is 21.3 Å². The van der Waals surface area contributed by atoms with E-state index in [0.717, 1.165) is 29.7 Å². The molecule has 1 aromatic heterocycles. The minimum atomic E-state index is -4.89. The molecule has 0 bridgehead atoms. The van der Waals surface area contributed by atoms with Crippen LogP contribution in [0.5, 0.6) is 0 Å². The molecule has 0 amide bonds. The van der Waals surface area contributed by atoms with Crippen LogP contribution in [0.25, 0.3) is 16.1 Å². The Morgan fingerprint density at radius 1 is 1.12 bits per heavy atom. The van der Waals surface area contributed by atoms with E-state index in [1.165, 1.54) is 24.3 Å². The fourth-order valence-electron chi connectivity index (χ4n) is 2.65. The summed E-state index contributed by atoms with van der Waals surface area (Å²) in [5.41, 5.74) is -1.14. The zero-order valence-electron chi connectivity index (χ0n) is 16.3. The zero-order chi connectivity index (χ0) is 23.7. The number of nitrogens with one attached hydrogen (secondary N) is 2.